The quantitative estimate of drug-likeness (QED) is 0.860. The summed E-state index contributed by atoms with van der Waals surface area (Å²) in [5.74, 6) is -0.0485. The van der Waals surface area contributed by atoms with Crippen molar-refractivity contribution in [3.05, 3.63) is 71.5 Å². The van der Waals surface area contributed by atoms with Gasteiger partial charge in [0.15, 0.2) is 0 Å². The molecule has 1 aliphatic carbocycles. The third-order valence-corrected chi connectivity index (χ3v) is 2.89. The molecule has 2 rings (SSSR count). The van der Waals surface area contributed by atoms with Crippen molar-refractivity contribution in [3.63, 3.8) is 0 Å². The van der Waals surface area contributed by atoms with E-state index in [1.165, 1.54) is 5.56 Å². The molecule has 1 aliphatic rings. The molecule has 2 heteroatoms. The molecular weight excluding hydrogens is 222 g/mol. The maximum absolute atomic E-state index is 12.0. The Hall–Kier alpha value is -2.09. The lowest BCUT2D eigenvalue weighted by Crippen LogP contribution is -2.22. The van der Waals surface area contributed by atoms with Crippen molar-refractivity contribution in [3.8, 4) is 0 Å². The van der Waals surface area contributed by atoms with Crippen LogP contribution in [0.25, 0.3) is 0 Å². The van der Waals surface area contributed by atoms with Gasteiger partial charge in [-0.05, 0) is 30.2 Å². The number of rotatable bonds is 3. The fourth-order valence-electron chi connectivity index (χ4n) is 1.78. The van der Waals surface area contributed by atoms with Crippen molar-refractivity contribution in [2.24, 2.45) is 0 Å². The average molecular weight is 239 g/mol. The molecule has 1 aromatic carbocycles. The van der Waals surface area contributed by atoms with Crippen molar-refractivity contribution < 1.29 is 4.79 Å². The number of nitrogens with one attached hydrogen (secondary N) is 1. The van der Waals surface area contributed by atoms with Gasteiger partial charge >= 0.3 is 0 Å². The third kappa shape index (κ3) is 3.20. The van der Waals surface area contributed by atoms with Crippen LogP contribution in [-0.4, -0.2) is 5.91 Å². The van der Waals surface area contributed by atoms with Gasteiger partial charge in [-0.25, -0.2) is 0 Å². The maximum Gasteiger partial charge on any atom is 0.255 e. The number of carbonyl (C=O) groups excluding carboxylic acids is 1. The van der Waals surface area contributed by atoms with E-state index >= 15 is 0 Å². The molecule has 0 radical (unpaired) electrons. The second-order valence-corrected chi connectivity index (χ2v) is 4.21. The fraction of sp³-hybridized carbons (Fsp3) is 0.188. The number of amides is 1. The van der Waals surface area contributed by atoms with Crippen molar-refractivity contribution in [2.45, 2.75) is 19.8 Å². The highest BCUT2D eigenvalue weighted by Gasteiger charge is 2.06. The molecule has 0 bridgehead atoms. The SMILES string of the molecule is CCc1ccc(C(=O)NC2=CC=CC=CC2)cc1. The number of benzene rings is 1. The van der Waals surface area contributed by atoms with Gasteiger partial charge in [-0.15, -0.1) is 0 Å². The Morgan fingerprint density at radius 2 is 1.94 bits per heavy atom. The van der Waals surface area contributed by atoms with Gasteiger partial charge < -0.3 is 5.32 Å². The zero-order valence-corrected chi connectivity index (χ0v) is 10.5. The molecule has 0 atom stereocenters. The molecule has 0 unspecified atom stereocenters. The van der Waals surface area contributed by atoms with Crippen molar-refractivity contribution in [1.29, 1.82) is 0 Å². The van der Waals surface area contributed by atoms with Gasteiger partial charge in [0, 0.05) is 17.7 Å². The molecule has 0 saturated heterocycles. The van der Waals surface area contributed by atoms with Crippen LogP contribution in [0.4, 0.5) is 0 Å². The first-order valence-electron chi connectivity index (χ1n) is 6.22. The first-order chi connectivity index (χ1) is 8.79. The monoisotopic (exact) mass is 239 g/mol. The van der Waals surface area contributed by atoms with Gasteiger partial charge in [0.1, 0.15) is 0 Å². The zero-order valence-electron chi connectivity index (χ0n) is 10.5. The van der Waals surface area contributed by atoms with E-state index in [2.05, 4.69) is 12.2 Å². The van der Waals surface area contributed by atoms with Crippen LogP contribution in [0.1, 0.15) is 29.3 Å². The second kappa shape index (κ2) is 6.01. The lowest BCUT2D eigenvalue weighted by atomic mass is 10.1. The molecule has 1 N–H and O–H groups in total. The third-order valence-electron chi connectivity index (χ3n) is 2.89. The number of aryl methyl sites for hydroxylation is 1. The summed E-state index contributed by atoms with van der Waals surface area (Å²) in [7, 11) is 0. The normalized spacial score (nSPS) is 13.9. The second-order valence-electron chi connectivity index (χ2n) is 4.21. The predicted octanol–water partition coefficient (Wildman–Crippen LogP) is 3.38. The summed E-state index contributed by atoms with van der Waals surface area (Å²) in [6.45, 7) is 2.10. The highest BCUT2D eigenvalue weighted by Crippen LogP contribution is 2.08. The number of carbonyl (C=O) groups is 1. The topological polar surface area (TPSA) is 29.1 Å². The van der Waals surface area contributed by atoms with Crippen LogP contribution in [0.3, 0.4) is 0 Å². The van der Waals surface area contributed by atoms with Gasteiger partial charge in [-0.1, -0.05) is 43.4 Å². The van der Waals surface area contributed by atoms with Gasteiger partial charge in [-0.3, -0.25) is 4.79 Å². The number of hydrogen-bond donors (Lipinski definition) is 1. The van der Waals surface area contributed by atoms with E-state index in [-0.39, 0.29) is 5.91 Å². The molecule has 18 heavy (non-hydrogen) atoms. The lowest BCUT2D eigenvalue weighted by molar-refractivity contribution is 0.0965. The van der Waals surface area contributed by atoms with Gasteiger partial charge in [-0.2, -0.15) is 0 Å². The van der Waals surface area contributed by atoms with Crippen LogP contribution in [0.2, 0.25) is 0 Å². The lowest BCUT2D eigenvalue weighted by Gasteiger charge is -2.07. The summed E-state index contributed by atoms with van der Waals surface area (Å²) in [4.78, 5) is 12.0. The summed E-state index contributed by atoms with van der Waals surface area (Å²) in [5.41, 5.74) is 2.86. The molecule has 0 aliphatic heterocycles. The Morgan fingerprint density at radius 3 is 2.67 bits per heavy atom. The molecule has 0 fully saturated rings. The van der Waals surface area contributed by atoms with E-state index in [0.717, 1.165) is 18.5 Å². The minimum absolute atomic E-state index is 0.0485. The first kappa shape index (κ1) is 12.4. The number of allylic oxidation sites excluding steroid dienone is 5. The van der Waals surface area contributed by atoms with Gasteiger partial charge in [0.25, 0.3) is 5.91 Å². The predicted molar refractivity (Wildman–Crippen MR) is 74.3 cm³/mol. The molecule has 1 amide bonds. The van der Waals surface area contributed by atoms with Crippen LogP contribution in [0.5, 0.6) is 0 Å². The van der Waals surface area contributed by atoms with Gasteiger partial charge in [0.2, 0.25) is 0 Å². The minimum Gasteiger partial charge on any atom is -0.325 e. The Morgan fingerprint density at radius 1 is 1.17 bits per heavy atom. The van der Waals surface area contributed by atoms with Gasteiger partial charge in [0.05, 0.1) is 0 Å². The van der Waals surface area contributed by atoms with Crippen molar-refractivity contribution in [1.82, 2.24) is 5.32 Å². The average Bonchev–Trinajstić information content (AvgIpc) is 2.67. The summed E-state index contributed by atoms with van der Waals surface area (Å²) in [6.07, 6.45) is 11.6. The molecule has 92 valence electrons. The van der Waals surface area contributed by atoms with Crippen LogP contribution in [0, 0.1) is 0 Å². The Balaban J connectivity index is 2.05. The number of hydrogen-bond acceptors (Lipinski definition) is 1. The first-order valence-corrected chi connectivity index (χ1v) is 6.22. The summed E-state index contributed by atoms with van der Waals surface area (Å²) in [6, 6.07) is 7.74. The maximum atomic E-state index is 12.0. The Bertz CT molecular complexity index is 506. The molecule has 1 aromatic rings. The van der Waals surface area contributed by atoms with Crippen molar-refractivity contribution in [2.75, 3.05) is 0 Å². The highest BCUT2D eigenvalue weighted by atomic mass is 16.1. The van der Waals surface area contributed by atoms with E-state index in [0.29, 0.717) is 5.56 Å². The van der Waals surface area contributed by atoms with E-state index in [9.17, 15) is 4.79 Å². The van der Waals surface area contributed by atoms with Crippen LogP contribution in [-0.2, 0) is 6.42 Å². The van der Waals surface area contributed by atoms with Crippen LogP contribution in [0.15, 0.2) is 60.3 Å². The van der Waals surface area contributed by atoms with E-state index in [1.54, 1.807) is 0 Å². The molecule has 0 spiro atoms. The molecular formula is C16H17NO. The molecule has 2 nitrogen and oxygen atoms in total. The zero-order chi connectivity index (χ0) is 12.8. The largest absolute Gasteiger partial charge is 0.325 e. The molecule has 0 saturated carbocycles. The van der Waals surface area contributed by atoms with E-state index in [1.807, 2.05) is 54.6 Å². The molecule has 0 heterocycles. The summed E-state index contributed by atoms with van der Waals surface area (Å²) >= 11 is 0. The summed E-state index contributed by atoms with van der Waals surface area (Å²) in [5, 5.41) is 2.93. The Kier molecular flexibility index (Phi) is 4.13. The van der Waals surface area contributed by atoms with Crippen molar-refractivity contribution >= 4 is 5.91 Å². The summed E-state index contributed by atoms with van der Waals surface area (Å²) < 4.78 is 0. The van der Waals surface area contributed by atoms with Crippen LogP contribution < -0.4 is 5.32 Å². The smallest absolute Gasteiger partial charge is 0.255 e. The fourth-order valence-corrected chi connectivity index (χ4v) is 1.78. The standard InChI is InChI=1S/C16H17NO/c1-2-13-9-11-14(12-10-13)16(18)17-15-7-5-3-4-6-8-15/h3-7,9-12H,2,8H2,1H3,(H,17,18). The Labute approximate surface area is 108 Å². The van der Waals surface area contributed by atoms with Crippen LogP contribution >= 0.6 is 0 Å². The highest BCUT2D eigenvalue weighted by molar-refractivity contribution is 5.95. The van der Waals surface area contributed by atoms with E-state index in [4.69, 9.17) is 0 Å². The molecule has 0 aromatic heterocycles. The van der Waals surface area contributed by atoms with E-state index < -0.39 is 0 Å². The minimum atomic E-state index is -0.0485.